The van der Waals surface area contributed by atoms with E-state index in [0.29, 0.717) is 6.54 Å². The van der Waals surface area contributed by atoms with Crippen LogP contribution in [0.2, 0.25) is 0 Å². The van der Waals surface area contributed by atoms with Crippen molar-refractivity contribution in [1.29, 1.82) is 0 Å². The van der Waals surface area contributed by atoms with Crippen molar-refractivity contribution in [3.63, 3.8) is 0 Å². The number of aromatic amines is 1. The highest BCUT2D eigenvalue weighted by atomic mass is 16.5. The van der Waals surface area contributed by atoms with Gasteiger partial charge in [0.15, 0.2) is 0 Å². The molecular formula is C13H17N3O. The molecule has 0 radical (unpaired) electrons. The molecule has 1 aromatic heterocycles. The molecule has 0 fully saturated rings. The van der Waals surface area contributed by atoms with E-state index in [1.54, 1.807) is 7.11 Å². The second-order valence-corrected chi connectivity index (χ2v) is 3.98. The zero-order valence-corrected chi connectivity index (χ0v) is 10.2. The number of methoxy groups -OCH3 is 1. The Labute approximate surface area is 101 Å². The number of aromatic nitrogens is 2. The van der Waals surface area contributed by atoms with E-state index in [1.165, 1.54) is 5.56 Å². The molecule has 0 aliphatic heterocycles. The van der Waals surface area contributed by atoms with Crippen LogP contribution in [0.1, 0.15) is 22.8 Å². The van der Waals surface area contributed by atoms with E-state index in [4.69, 9.17) is 10.5 Å². The van der Waals surface area contributed by atoms with Gasteiger partial charge in [0.2, 0.25) is 0 Å². The van der Waals surface area contributed by atoms with Crippen molar-refractivity contribution < 1.29 is 4.74 Å². The van der Waals surface area contributed by atoms with E-state index < -0.39 is 0 Å². The Morgan fingerprint density at radius 2 is 2.00 bits per heavy atom. The molecule has 17 heavy (non-hydrogen) atoms. The Morgan fingerprint density at radius 3 is 2.53 bits per heavy atom. The van der Waals surface area contributed by atoms with Crippen molar-refractivity contribution >= 4 is 0 Å². The molecule has 1 aromatic carbocycles. The molecule has 4 nitrogen and oxygen atoms in total. The minimum absolute atomic E-state index is 0.448. The average molecular weight is 231 g/mol. The van der Waals surface area contributed by atoms with Gasteiger partial charge in [0.25, 0.3) is 0 Å². The summed E-state index contributed by atoms with van der Waals surface area (Å²) in [6, 6.07) is 8.02. The van der Waals surface area contributed by atoms with E-state index in [-0.39, 0.29) is 0 Å². The van der Waals surface area contributed by atoms with Crippen LogP contribution in [-0.2, 0) is 13.0 Å². The van der Waals surface area contributed by atoms with Crippen LogP contribution in [0.25, 0.3) is 0 Å². The number of H-pyrrole nitrogens is 1. The van der Waals surface area contributed by atoms with Gasteiger partial charge in [-0.2, -0.15) is 0 Å². The first-order chi connectivity index (χ1) is 8.22. The van der Waals surface area contributed by atoms with E-state index >= 15 is 0 Å². The standard InChI is InChI=1S/C13H17N3O/c1-9-12(16-13(8-14)15-9)7-10-3-5-11(17-2)6-4-10/h3-6H,7-8,14H2,1-2H3,(H,15,16). The second kappa shape index (κ2) is 5.01. The van der Waals surface area contributed by atoms with Crippen LogP contribution in [0.3, 0.4) is 0 Å². The molecule has 1 heterocycles. The number of rotatable bonds is 4. The lowest BCUT2D eigenvalue weighted by atomic mass is 10.1. The third-order valence-corrected chi connectivity index (χ3v) is 2.76. The van der Waals surface area contributed by atoms with Crippen molar-refractivity contribution in [1.82, 2.24) is 9.97 Å². The lowest BCUT2D eigenvalue weighted by Gasteiger charge is -2.02. The van der Waals surface area contributed by atoms with Gasteiger partial charge in [-0.3, -0.25) is 0 Å². The lowest BCUT2D eigenvalue weighted by molar-refractivity contribution is 0.414. The fourth-order valence-corrected chi connectivity index (χ4v) is 1.77. The summed E-state index contributed by atoms with van der Waals surface area (Å²) in [7, 11) is 1.67. The zero-order chi connectivity index (χ0) is 12.3. The molecule has 0 spiro atoms. The number of hydrogen-bond acceptors (Lipinski definition) is 3. The van der Waals surface area contributed by atoms with E-state index in [0.717, 1.165) is 29.4 Å². The van der Waals surface area contributed by atoms with Crippen molar-refractivity contribution in [2.24, 2.45) is 5.73 Å². The average Bonchev–Trinajstić information content (AvgIpc) is 2.71. The van der Waals surface area contributed by atoms with Gasteiger partial charge in [0.1, 0.15) is 11.6 Å². The number of nitrogens with zero attached hydrogens (tertiary/aromatic N) is 1. The van der Waals surface area contributed by atoms with Gasteiger partial charge < -0.3 is 15.5 Å². The SMILES string of the molecule is COc1ccc(Cc2nc(CN)[nH]c2C)cc1. The van der Waals surface area contributed by atoms with Crippen molar-refractivity contribution in [2.45, 2.75) is 19.9 Å². The highest BCUT2D eigenvalue weighted by Gasteiger charge is 2.06. The topological polar surface area (TPSA) is 63.9 Å². The van der Waals surface area contributed by atoms with E-state index in [2.05, 4.69) is 22.1 Å². The first-order valence-electron chi connectivity index (χ1n) is 5.60. The van der Waals surface area contributed by atoms with E-state index in [1.807, 2.05) is 19.1 Å². The van der Waals surface area contributed by atoms with Crippen molar-refractivity contribution in [2.75, 3.05) is 7.11 Å². The molecule has 0 aliphatic rings. The molecule has 0 saturated heterocycles. The molecule has 0 aliphatic carbocycles. The molecule has 0 amide bonds. The summed E-state index contributed by atoms with van der Waals surface area (Å²) in [5, 5.41) is 0. The van der Waals surface area contributed by atoms with Gasteiger partial charge in [0.05, 0.1) is 19.3 Å². The Balaban J connectivity index is 2.16. The number of nitrogens with two attached hydrogens (primary N) is 1. The molecule has 4 heteroatoms. The zero-order valence-electron chi connectivity index (χ0n) is 10.2. The van der Waals surface area contributed by atoms with Crippen LogP contribution in [0, 0.1) is 6.92 Å². The predicted molar refractivity (Wildman–Crippen MR) is 67.0 cm³/mol. The van der Waals surface area contributed by atoms with Gasteiger partial charge in [0, 0.05) is 12.1 Å². The molecule has 2 rings (SSSR count). The highest BCUT2D eigenvalue weighted by Crippen LogP contribution is 2.15. The molecule has 2 aromatic rings. The summed E-state index contributed by atoms with van der Waals surface area (Å²) < 4.78 is 5.13. The predicted octanol–water partition coefficient (Wildman–Crippen LogP) is 1.78. The van der Waals surface area contributed by atoms with Crippen LogP contribution < -0.4 is 10.5 Å². The van der Waals surface area contributed by atoms with Crippen molar-refractivity contribution in [3.8, 4) is 5.75 Å². The number of imidazole rings is 1. The number of ether oxygens (including phenoxy) is 1. The van der Waals surface area contributed by atoms with Gasteiger partial charge in [-0.1, -0.05) is 12.1 Å². The molecule has 3 N–H and O–H groups in total. The minimum Gasteiger partial charge on any atom is -0.497 e. The summed E-state index contributed by atoms with van der Waals surface area (Å²) in [6.07, 6.45) is 0.812. The van der Waals surface area contributed by atoms with Crippen LogP contribution in [0.4, 0.5) is 0 Å². The fourth-order valence-electron chi connectivity index (χ4n) is 1.77. The quantitative estimate of drug-likeness (QED) is 0.843. The number of benzene rings is 1. The van der Waals surface area contributed by atoms with Crippen LogP contribution in [-0.4, -0.2) is 17.1 Å². The number of hydrogen-bond donors (Lipinski definition) is 2. The third kappa shape index (κ3) is 2.65. The van der Waals surface area contributed by atoms with Gasteiger partial charge in [-0.05, 0) is 24.6 Å². The van der Waals surface area contributed by atoms with Gasteiger partial charge >= 0.3 is 0 Å². The summed E-state index contributed by atoms with van der Waals surface area (Å²) in [6.45, 7) is 2.47. The van der Waals surface area contributed by atoms with Crippen LogP contribution >= 0.6 is 0 Å². The Kier molecular flexibility index (Phi) is 3.44. The minimum atomic E-state index is 0.448. The monoisotopic (exact) mass is 231 g/mol. The third-order valence-electron chi connectivity index (χ3n) is 2.76. The molecule has 0 atom stereocenters. The molecular weight excluding hydrogens is 214 g/mol. The highest BCUT2D eigenvalue weighted by molar-refractivity contribution is 5.30. The van der Waals surface area contributed by atoms with Gasteiger partial charge in [-0.25, -0.2) is 4.98 Å². The summed E-state index contributed by atoms with van der Waals surface area (Å²) in [5.74, 6) is 1.71. The maximum atomic E-state index is 5.55. The lowest BCUT2D eigenvalue weighted by Crippen LogP contribution is -1.98. The summed E-state index contributed by atoms with van der Waals surface area (Å²) in [4.78, 5) is 7.63. The molecule has 0 saturated carbocycles. The number of nitrogens with one attached hydrogen (secondary N) is 1. The van der Waals surface area contributed by atoms with E-state index in [9.17, 15) is 0 Å². The fraction of sp³-hybridized carbons (Fsp3) is 0.308. The second-order valence-electron chi connectivity index (χ2n) is 3.98. The maximum Gasteiger partial charge on any atom is 0.120 e. The van der Waals surface area contributed by atoms with Crippen LogP contribution in [0.5, 0.6) is 5.75 Å². The molecule has 90 valence electrons. The normalized spacial score (nSPS) is 10.5. The Bertz CT molecular complexity index is 488. The first kappa shape index (κ1) is 11.7. The largest absolute Gasteiger partial charge is 0.497 e. The smallest absolute Gasteiger partial charge is 0.120 e. The summed E-state index contributed by atoms with van der Waals surface area (Å²) >= 11 is 0. The van der Waals surface area contributed by atoms with Crippen molar-refractivity contribution in [3.05, 3.63) is 47.0 Å². The first-order valence-corrected chi connectivity index (χ1v) is 5.60. The maximum absolute atomic E-state index is 5.55. The van der Waals surface area contributed by atoms with Gasteiger partial charge in [-0.15, -0.1) is 0 Å². The van der Waals surface area contributed by atoms with Crippen LogP contribution in [0.15, 0.2) is 24.3 Å². The molecule has 0 unspecified atom stereocenters. The Hall–Kier alpha value is -1.81. The summed E-state index contributed by atoms with van der Waals surface area (Å²) in [5.41, 5.74) is 8.90. The Morgan fingerprint density at radius 1 is 1.29 bits per heavy atom. The molecule has 0 bridgehead atoms. The number of aryl methyl sites for hydroxylation is 1.